The molecular formula is C19H23ClN2O4. The van der Waals surface area contributed by atoms with Gasteiger partial charge in [0, 0.05) is 23.7 Å². The van der Waals surface area contributed by atoms with E-state index in [9.17, 15) is 14.7 Å². The molecule has 3 fully saturated rings. The molecule has 26 heavy (non-hydrogen) atoms. The smallest absolute Gasteiger partial charge is 0.254 e. The molecule has 0 saturated carbocycles. The predicted molar refractivity (Wildman–Crippen MR) is 95.5 cm³/mol. The summed E-state index contributed by atoms with van der Waals surface area (Å²) in [6.07, 6.45) is 2.80. The number of amides is 2. The van der Waals surface area contributed by atoms with E-state index in [0.717, 1.165) is 25.7 Å². The average Bonchev–Trinajstić information content (AvgIpc) is 2.91. The van der Waals surface area contributed by atoms with Gasteiger partial charge in [0.15, 0.2) is 6.10 Å². The number of hydrogen-bond donors (Lipinski definition) is 2. The molecule has 3 aliphatic heterocycles. The third-order valence-electron chi connectivity index (χ3n) is 5.84. The Bertz CT molecular complexity index is 699. The van der Waals surface area contributed by atoms with Crippen LogP contribution >= 0.6 is 11.6 Å². The van der Waals surface area contributed by atoms with Gasteiger partial charge < -0.3 is 20.1 Å². The average molecular weight is 379 g/mol. The second-order valence-corrected chi connectivity index (χ2v) is 7.86. The molecule has 1 unspecified atom stereocenters. The Labute approximate surface area is 157 Å². The van der Waals surface area contributed by atoms with Crippen molar-refractivity contribution in [3.63, 3.8) is 0 Å². The highest BCUT2D eigenvalue weighted by molar-refractivity contribution is 6.31. The van der Waals surface area contributed by atoms with Crippen LogP contribution in [0.15, 0.2) is 24.3 Å². The minimum absolute atomic E-state index is 0.0844. The summed E-state index contributed by atoms with van der Waals surface area (Å²) in [7, 11) is 0. The largest absolute Gasteiger partial charge is 0.396 e. The van der Waals surface area contributed by atoms with Crippen LogP contribution in [0.25, 0.3) is 0 Å². The second kappa shape index (κ2) is 7.18. The molecule has 1 aromatic carbocycles. The molecule has 3 aliphatic rings. The third-order valence-corrected chi connectivity index (χ3v) is 6.18. The molecule has 2 amide bonds. The number of hydrogen-bond acceptors (Lipinski definition) is 4. The van der Waals surface area contributed by atoms with E-state index in [1.54, 1.807) is 6.07 Å². The fourth-order valence-corrected chi connectivity index (χ4v) is 4.93. The molecule has 0 radical (unpaired) electrons. The molecule has 5 atom stereocenters. The van der Waals surface area contributed by atoms with Crippen LogP contribution in [0.2, 0.25) is 5.02 Å². The zero-order valence-corrected chi connectivity index (χ0v) is 15.2. The summed E-state index contributed by atoms with van der Waals surface area (Å²) in [4.78, 5) is 27.2. The van der Waals surface area contributed by atoms with Crippen molar-refractivity contribution in [3.8, 4) is 0 Å². The molecule has 2 N–H and O–H groups in total. The van der Waals surface area contributed by atoms with Gasteiger partial charge in [-0.3, -0.25) is 9.59 Å². The molecule has 2 bridgehead atoms. The van der Waals surface area contributed by atoms with E-state index in [-0.39, 0.29) is 43.0 Å². The van der Waals surface area contributed by atoms with Gasteiger partial charge in [-0.1, -0.05) is 29.8 Å². The van der Waals surface area contributed by atoms with Crippen molar-refractivity contribution in [1.82, 2.24) is 10.2 Å². The highest BCUT2D eigenvalue weighted by Crippen LogP contribution is 2.40. The van der Waals surface area contributed by atoms with Crippen molar-refractivity contribution < 1.29 is 19.4 Å². The summed E-state index contributed by atoms with van der Waals surface area (Å²) in [5.74, 6) is -0.0670. The summed E-state index contributed by atoms with van der Waals surface area (Å²) in [5, 5.41) is 12.9. The van der Waals surface area contributed by atoms with Crippen molar-refractivity contribution >= 4 is 23.4 Å². The number of benzene rings is 1. The topological polar surface area (TPSA) is 78.9 Å². The van der Waals surface area contributed by atoms with Gasteiger partial charge in [-0.05, 0) is 43.2 Å². The number of morpholine rings is 1. The maximum Gasteiger partial charge on any atom is 0.254 e. The van der Waals surface area contributed by atoms with Crippen molar-refractivity contribution in [1.29, 1.82) is 0 Å². The molecule has 1 aromatic rings. The lowest BCUT2D eigenvalue weighted by Crippen LogP contribution is -2.57. The summed E-state index contributed by atoms with van der Waals surface area (Å²) < 4.78 is 5.69. The maximum atomic E-state index is 13.4. The first-order valence-electron chi connectivity index (χ1n) is 9.17. The van der Waals surface area contributed by atoms with Gasteiger partial charge in [0.25, 0.3) is 5.91 Å². The minimum Gasteiger partial charge on any atom is -0.396 e. The van der Waals surface area contributed by atoms with Crippen LogP contribution in [0.5, 0.6) is 0 Å². The Morgan fingerprint density at radius 1 is 1.27 bits per heavy atom. The van der Waals surface area contributed by atoms with Gasteiger partial charge >= 0.3 is 0 Å². The standard InChI is InChI=1S/C19H23ClN2O4/c20-15-4-2-1-3-14(15)17-18(26-10-16(24)21-17)19(25)22-12-5-6-13(22)8-11(7-12)9-23/h1-4,11-13,17-18,23H,5-10H2,(H,21,24)/t11?,12-,13+,17-,18+/m1/s1. The number of ether oxygens (including phenoxy) is 1. The van der Waals surface area contributed by atoms with Crippen LogP contribution in [0, 0.1) is 5.92 Å². The lowest BCUT2D eigenvalue weighted by molar-refractivity contribution is -0.159. The van der Waals surface area contributed by atoms with Crippen molar-refractivity contribution in [2.45, 2.75) is 49.9 Å². The molecule has 3 saturated heterocycles. The Morgan fingerprint density at radius 2 is 1.96 bits per heavy atom. The number of piperidine rings is 1. The lowest BCUT2D eigenvalue weighted by atomic mass is 9.90. The minimum atomic E-state index is -0.777. The highest BCUT2D eigenvalue weighted by atomic mass is 35.5. The number of nitrogens with zero attached hydrogens (tertiary/aromatic N) is 1. The number of aliphatic hydroxyl groups excluding tert-OH is 1. The summed E-state index contributed by atoms with van der Waals surface area (Å²) in [5.41, 5.74) is 0.693. The first kappa shape index (κ1) is 17.8. The van der Waals surface area contributed by atoms with E-state index in [2.05, 4.69) is 5.32 Å². The number of rotatable bonds is 3. The Balaban J connectivity index is 1.60. The summed E-state index contributed by atoms with van der Waals surface area (Å²) >= 11 is 6.31. The SMILES string of the molecule is O=C1CO[C@H](C(=O)N2[C@@H]3CC[C@H]2CC(CO)C3)[C@@H](c2ccccc2Cl)N1. The zero-order chi connectivity index (χ0) is 18.3. The van der Waals surface area contributed by atoms with Gasteiger partial charge in [0.05, 0.1) is 6.04 Å². The Morgan fingerprint density at radius 3 is 2.62 bits per heavy atom. The van der Waals surface area contributed by atoms with Gasteiger partial charge in [0.1, 0.15) is 6.61 Å². The number of aliphatic hydroxyl groups is 1. The normalized spacial score (nSPS) is 33.8. The lowest BCUT2D eigenvalue weighted by Gasteiger charge is -2.42. The molecule has 0 aliphatic carbocycles. The van der Waals surface area contributed by atoms with E-state index >= 15 is 0 Å². The van der Waals surface area contributed by atoms with Crippen molar-refractivity contribution in [3.05, 3.63) is 34.9 Å². The van der Waals surface area contributed by atoms with Gasteiger partial charge in [-0.15, -0.1) is 0 Å². The fraction of sp³-hybridized carbons (Fsp3) is 0.579. The molecule has 140 valence electrons. The number of halogens is 1. The van der Waals surface area contributed by atoms with Gasteiger partial charge in [-0.25, -0.2) is 0 Å². The summed E-state index contributed by atoms with van der Waals surface area (Å²) in [6, 6.07) is 6.91. The first-order chi connectivity index (χ1) is 12.6. The van der Waals surface area contributed by atoms with Crippen molar-refractivity contribution in [2.24, 2.45) is 5.92 Å². The first-order valence-corrected chi connectivity index (χ1v) is 9.54. The molecular weight excluding hydrogens is 356 g/mol. The number of fused-ring (bicyclic) bond motifs is 2. The van der Waals surface area contributed by atoms with Crippen LogP contribution in [0.4, 0.5) is 0 Å². The maximum absolute atomic E-state index is 13.4. The molecule has 6 nitrogen and oxygen atoms in total. The molecule has 3 heterocycles. The highest BCUT2D eigenvalue weighted by Gasteiger charge is 2.48. The van der Waals surface area contributed by atoms with Crippen LogP contribution in [-0.2, 0) is 14.3 Å². The number of carbonyl (C=O) groups excluding carboxylic acids is 2. The van der Waals surface area contributed by atoms with Crippen LogP contribution in [0.3, 0.4) is 0 Å². The number of nitrogens with one attached hydrogen (secondary N) is 1. The Hall–Kier alpha value is -1.63. The van der Waals surface area contributed by atoms with E-state index < -0.39 is 12.1 Å². The summed E-state index contributed by atoms with van der Waals surface area (Å²) in [6.45, 7) is 0.0487. The number of carbonyl (C=O) groups is 2. The second-order valence-electron chi connectivity index (χ2n) is 7.45. The van der Waals surface area contributed by atoms with E-state index in [4.69, 9.17) is 16.3 Å². The monoisotopic (exact) mass is 378 g/mol. The van der Waals surface area contributed by atoms with E-state index in [1.807, 2.05) is 23.1 Å². The molecule has 0 aromatic heterocycles. The molecule has 4 rings (SSSR count). The molecule has 0 spiro atoms. The van der Waals surface area contributed by atoms with Crippen molar-refractivity contribution in [2.75, 3.05) is 13.2 Å². The van der Waals surface area contributed by atoms with Crippen LogP contribution < -0.4 is 5.32 Å². The quantitative estimate of drug-likeness (QED) is 0.838. The van der Waals surface area contributed by atoms with E-state index in [0.29, 0.717) is 10.6 Å². The fourth-order valence-electron chi connectivity index (χ4n) is 4.68. The van der Waals surface area contributed by atoms with Gasteiger partial charge in [0.2, 0.25) is 5.91 Å². The predicted octanol–water partition coefficient (Wildman–Crippen LogP) is 1.66. The van der Waals surface area contributed by atoms with Crippen LogP contribution in [-0.4, -0.2) is 53.2 Å². The van der Waals surface area contributed by atoms with Crippen LogP contribution in [0.1, 0.15) is 37.3 Å². The zero-order valence-electron chi connectivity index (χ0n) is 14.4. The molecule has 7 heteroatoms. The van der Waals surface area contributed by atoms with Gasteiger partial charge in [-0.2, -0.15) is 0 Å². The van der Waals surface area contributed by atoms with E-state index in [1.165, 1.54) is 0 Å². The third kappa shape index (κ3) is 3.10. The Kier molecular flexibility index (Phi) is 4.90.